The lowest BCUT2D eigenvalue weighted by molar-refractivity contribution is 0.0968. The van der Waals surface area contributed by atoms with Crippen molar-refractivity contribution in [2.45, 2.75) is 26.0 Å². The molecule has 1 aliphatic rings. The number of benzene rings is 3. The van der Waals surface area contributed by atoms with Crippen LogP contribution < -0.4 is 5.32 Å². The molecule has 3 aromatic carbocycles. The SMILES string of the molecule is CN(C)Cc1ccc(Nc2c(C(=O)C3CC3)cnc3ccc(-c4cc(Cl)c(O)c(CO)c4)cc23)cc1. The Morgan fingerprint density at radius 3 is 2.50 bits per heavy atom. The summed E-state index contributed by atoms with van der Waals surface area (Å²) >= 11 is 6.22. The third-order valence-electron chi connectivity index (χ3n) is 6.45. The normalized spacial score (nSPS) is 13.4. The molecule has 1 aromatic heterocycles. The van der Waals surface area contributed by atoms with E-state index in [1.54, 1.807) is 18.3 Å². The average Bonchev–Trinajstić information content (AvgIpc) is 3.71. The molecule has 184 valence electrons. The number of carbonyl (C=O) groups is 1. The highest BCUT2D eigenvalue weighted by Gasteiger charge is 2.32. The Kier molecular flexibility index (Phi) is 6.67. The van der Waals surface area contributed by atoms with E-state index in [-0.39, 0.29) is 29.1 Å². The maximum Gasteiger partial charge on any atom is 0.169 e. The molecular formula is C29H28ClN3O3. The Labute approximate surface area is 215 Å². The summed E-state index contributed by atoms with van der Waals surface area (Å²) in [6.07, 6.45) is 3.49. The zero-order valence-corrected chi connectivity index (χ0v) is 21.0. The summed E-state index contributed by atoms with van der Waals surface area (Å²) in [5.41, 5.74) is 6.09. The van der Waals surface area contributed by atoms with Crippen LogP contribution in [0.15, 0.2) is 60.8 Å². The lowest BCUT2D eigenvalue weighted by Crippen LogP contribution is -2.10. The standard InChI is InChI=1S/C29H28ClN3O3/c1-33(2)15-17-3-8-22(9-4-17)32-27-23-12-19(20-11-21(16-34)29(36)25(30)13-20)7-10-26(23)31-14-24(27)28(35)18-5-6-18/h3-4,7-14,18,34,36H,5-6,15-16H2,1-2H3,(H,31,32). The van der Waals surface area contributed by atoms with Crippen molar-refractivity contribution < 1.29 is 15.0 Å². The van der Waals surface area contributed by atoms with Crippen molar-refractivity contribution in [2.24, 2.45) is 5.92 Å². The van der Waals surface area contributed by atoms with E-state index in [0.717, 1.165) is 52.8 Å². The van der Waals surface area contributed by atoms with Gasteiger partial charge in [-0.2, -0.15) is 0 Å². The number of carbonyl (C=O) groups excluding carboxylic acids is 1. The van der Waals surface area contributed by atoms with Crippen molar-refractivity contribution in [2.75, 3.05) is 19.4 Å². The molecular weight excluding hydrogens is 474 g/mol. The zero-order valence-electron chi connectivity index (χ0n) is 20.3. The Morgan fingerprint density at radius 1 is 1.08 bits per heavy atom. The molecule has 1 saturated carbocycles. The van der Waals surface area contributed by atoms with Gasteiger partial charge < -0.3 is 20.4 Å². The number of phenols is 1. The second-order valence-corrected chi connectivity index (χ2v) is 10.0. The monoisotopic (exact) mass is 501 g/mol. The Hall–Kier alpha value is -3.45. The molecule has 6 nitrogen and oxygen atoms in total. The van der Waals surface area contributed by atoms with Crippen LogP contribution in [0, 0.1) is 5.92 Å². The summed E-state index contributed by atoms with van der Waals surface area (Å²) in [6.45, 7) is 0.517. The van der Waals surface area contributed by atoms with Gasteiger partial charge in [0, 0.05) is 35.3 Å². The van der Waals surface area contributed by atoms with Gasteiger partial charge in [-0.1, -0.05) is 29.8 Å². The van der Waals surface area contributed by atoms with E-state index < -0.39 is 0 Å². The number of pyridine rings is 1. The third-order valence-corrected chi connectivity index (χ3v) is 6.74. The van der Waals surface area contributed by atoms with Crippen LogP contribution in [-0.4, -0.2) is 40.0 Å². The molecule has 4 aromatic rings. The first-order valence-corrected chi connectivity index (χ1v) is 12.3. The number of nitrogens with zero attached hydrogens (tertiary/aromatic N) is 2. The smallest absolute Gasteiger partial charge is 0.169 e. The molecule has 7 heteroatoms. The van der Waals surface area contributed by atoms with Gasteiger partial charge in [-0.3, -0.25) is 9.78 Å². The van der Waals surface area contributed by atoms with Crippen molar-refractivity contribution in [3.05, 3.63) is 82.5 Å². The van der Waals surface area contributed by atoms with Crippen LogP contribution in [0.2, 0.25) is 5.02 Å². The molecule has 0 amide bonds. The van der Waals surface area contributed by atoms with Gasteiger partial charge in [-0.25, -0.2) is 0 Å². The van der Waals surface area contributed by atoms with Crippen LogP contribution in [0.4, 0.5) is 11.4 Å². The number of hydrogen-bond donors (Lipinski definition) is 3. The Balaban J connectivity index is 1.62. The minimum absolute atomic E-state index is 0.0541. The molecule has 0 unspecified atom stereocenters. The minimum atomic E-state index is -0.328. The summed E-state index contributed by atoms with van der Waals surface area (Å²) < 4.78 is 0. The minimum Gasteiger partial charge on any atom is -0.506 e. The molecule has 5 rings (SSSR count). The van der Waals surface area contributed by atoms with Crippen LogP contribution in [0.5, 0.6) is 5.75 Å². The largest absolute Gasteiger partial charge is 0.506 e. The van der Waals surface area contributed by atoms with Crippen molar-refractivity contribution in [3.63, 3.8) is 0 Å². The van der Waals surface area contributed by atoms with Gasteiger partial charge in [0.15, 0.2) is 5.78 Å². The van der Waals surface area contributed by atoms with Crippen LogP contribution in [0.3, 0.4) is 0 Å². The summed E-state index contributed by atoms with van der Waals surface area (Å²) in [5, 5.41) is 24.2. The van der Waals surface area contributed by atoms with Gasteiger partial charge in [0.05, 0.1) is 28.4 Å². The van der Waals surface area contributed by atoms with Crippen LogP contribution >= 0.6 is 11.6 Å². The zero-order chi connectivity index (χ0) is 25.4. The van der Waals surface area contributed by atoms with Gasteiger partial charge in [-0.15, -0.1) is 0 Å². The molecule has 1 heterocycles. The predicted molar refractivity (Wildman–Crippen MR) is 144 cm³/mol. The summed E-state index contributed by atoms with van der Waals surface area (Å²) in [7, 11) is 4.07. The highest BCUT2D eigenvalue weighted by molar-refractivity contribution is 6.32. The molecule has 0 spiro atoms. The molecule has 1 fully saturated rings. The lowest BCUT2D eigenvalue weighted by Gasteiger charge is -2.16. The first-order chi connectivity index (χ1) is 17.3. The van der Waals surface area contributed by atoms with E-state index >= 15 is 0 Å². The number of fused-ring (bicyclic) bond motifs is 1. The fourth-order valence-electron chi connectivity index (χ4n) is 4.41. The number of nitrogens with one attached hydrogen (secondary N) is 1. The van der Waals surface area contributed by atoms with E-state index in [2.05, 4.69) is 27.3 Å². The van der Waals surface area contributed by atoms with Gasteiger partial charge in [0.25, 0.3) is 0 Å². The number of halogens is 1. The first kappa shape index (κ1) is 24.3. The Bertz CT molecular complexity index is 1450. The third kappa shape index (κ3) is 4.93. The topological polar surface area (TPSA) is 85.7 Å². The maximum absolute atomic E-state index is 13.2. The van der Waals surface area contributed by atoms with Crippen molar-refractivity contribution >= 4 is 39.7 Å². The number of hydrogen-bond acceptors (Lipinski definition) is 6. The van der Waals surface area contributed by atoms with Crippen molar-refractivity contribution in [1.82, 2.24) is 9.88 Å². The first-order valence-electron chi connectivity index (χ1n) is 11.9. The number of aliphatic hydroxyl groups is 1. The lowest BCUT2D eigenvalue weighted by atomic mass is 9.97. The fraction of sp³-hybridized carbons (Fsp3) is 0.241. The van der Waals surface area contributed by atoms with E-state index in [9.17, 15) is 15.0 Å². The second-order valence-electron chi connectivity index (χ2n) is 9.60. The Morgan fingerprint density at radius 2 is 1.83 bits per heavy atom. The highest BCUT2D eigenvalue weighted by Crippen LogP contribution is 2.39. The van der Waals surface area contributed by atoms with Gasteiger partial charge >= 0.3 is 0 Å². The van der Waals surface area contributed by atoms with Gasteiger partial charge in [0.2, 0.25) is 0 Å². The summed E-state index contributed by atoms with van der Waals surface area (Å²) in [6, 6.07) is 17.4. The highest BCUT2D eigenvalue weighted by atomic mass is 35.5. The van der Waals surface area contributed by atoms with Gasteiger partial charge in [-0.05, 0) is 80.0 Å². The van der Waals surface area contributed by atoms with Crippen LogP contribution in [0.1, 0.15) is 34.3 Å². The van der Waals surface area contributed by atoms with E-state index in [0.29, 0.717) is 11.1 Å². The number of Topliss-reactive ketones (excluding diaryl/α,β-unsaturated/α-hetero) is 1. The number of aromatic hydroxyl groups is 1. The second kappa shape index (κ2) is 9.90. The van der Waals surface area contributed by atoms with Crippen LogP contribution in [-0.2, 0) is 13.2 Å². The quantitative estimate of drug-likeness (QED) is 0.251. The van der Waals surface area contributed by atoms with E-state index in [1.165, 1.54) is 5.56 Å². The molecule has 0 atom stereocenters. The number of aromatic nitrogens is 1. The fourth-order valence-corrected chi connectivity index (χ4v) is 4.64. The number of anilines is 2. The van der Waals surface area contributed by atoms with E-state index in [1.807, 2.05) is 44.4 Å². The molecule has 36 heavy (non-hydrogen) atoms. The molecule has 1 aliphatic carbocycles. The molecule has 0 bridgehead atoms. The van der Waals surface area contributed by atoms with Gasteiger partial charge in [0.1, 0.15) is 5.75 Å². The molecule has 0 saturated heterocycles. The van der Waals surface area contributed by atoms with Crippen molar-refractivity contribution in [1.29, 1.82) is 0 Å². The molecule has 0 radical (unpaired) electrons. The van der Waals surface area contributed by atoms with Crippen LogP contribution in [0.25, 0.3) is 22.0 Å². The van der Waals surface area contributed by atoms with Crippen molar-refractivity contribution in [3.8, 4) is 16.9 Å². The maximum atomic E-state index is 13.2. The number of rotatable bonds is 8. The average molecular weight is 502 g/mol. The number of ketones is 1. The number of aliphatic hydroxyl groups excluding tert-OH is 1. The summed E-state index contributed by atoms with van der Waals surface area (Å²) in [4.78, 5) is 19.9. The molecule has 0 aliphatic heterocycles. The predicted octanol–water partition coefficient (Wildman–Crippen LogP) is 6.15. The van der Waals surface area contributed by atoms with E-state index in [4.69, 9.17) is 11.6 Å². The summed E-state index contributed by atoms with van der Waals surface area (Å²) in [5.74, 6) is 0.0398. The molecule has 3 N–H and O–H groups in total.